The molecule has 0 aliphatic rings. The molecule has 0 spiro atoms. The predicted octanol–water partition coefficient (Wildman–Crippen LogP) is 4.80. The summed E-state index contributed by atoms with van der Waals surface area (Å²) >= 11 is 3.32. The maximum absolute atomic E-state index is 12.8. The van der Waals surface area contributed by atoms with Crippen molar-refractivity contribution >= 4 is 45.0 Å². The summed E-state index contributed by atoms with van der Waals surface area (Å²) in [6.45, 7) is 10.1. The number of carbonyl (C=O) groups excluding carboxylic acids is 2. The van der Waals surface area contributed by atoms with E-state index in [-0.39, 0.29) is 16.9 Å². The number of ether oxygens (including phenoxy) is 3. The van der Waals surface area contributed by atoms with Gasteiger partial charge < -0.3 is 18.7 Å². The molecule has 0 aromatic carbocycles. The quantitative estimate of drug-likeness (QED) is 0.604. The lowest BCUT2D eigenvalue weighted by Gasteiger charge is -2.27. The number of hydrogen-bond acceptors (Lipinski definition) is 8. The van der Waals surface area contributed by atoms with E-state index in [1.807, 2.05) is 0 Å². The number of aromatic nitrogens is 2. The van der Waals surface area contributed by atoms with Crippen molar-refractivity contribution in [2.45, 2.75) is 58.1 Å². The summed E-state index contributed by atoms with van der Waals surface area (Å²) in [6.07, 6.45) is -1.91. The van der Waals surface area contributed by atoms with Crippen LogP contribution in [0, 0.1) is 0 Å². The van der Waals surface area contributed by atoms with Crippen molar-refractivity contribution in [3.63, 3.8) is 0 Å². The Morgan fingerprint density at radius 1 is 1.11 bits per heavy atom. The lowest BCUT2D eigenvalue weighted by atomic mass is 10.2. The topological polar surface area (TPSA) is 104 Å². The summed E-state index contributed by atoms with van der Waals surface area (Å²) in [5.74, 6) is 0.219. The number of pyridine rings is 1. The van der Waals surface area contributed by atoms with Crippen LogP contribution in [0.2, 0.25) is 0 Å². The molecule has 0 unspecified atom stereocenters. The van der Waals surface area contributed by atoms with E-state index in [1.165, 1.54) is 7.11 Å². The van der Waals surface area contributed by atoms with Crippen LogP contribution in [0.5, 0.6) is 5.75 Å². The number of halogens is 1. The highest BCUT2D eigenvalue weighted by atomic mass is 79.9. The van der Waals surface area contributed by atoms with Crippen molar-refractivity contribution in [3.8, 4) is 5.75 Å². The van der Waals surface area contributed by atoms with Gasteiger partial charge in [-0.05, 0) is 41.5 Å². The molecule has 0 N–H and O–H groups in total. The van der Waals surface area contributed by atoms with Gasteiger partial charge in [-0.15, -0.1) is 0 Å². The molecular formula is C18H24BrN3O6. The van der Waals surface area contributed by atoms with E-state index < -0.39 is 23.4 Å². The van der Waals surface area contributed by atoms with Crippen LogP contribution < -0.4 is 9.64 Å². The minimum atomic E-state index is -0.955. The molecule has 0 aliphatic heterocycles. The lowest BCUT2D eigenvalue weighted by molar-refractivity contribution is 0.0428. The fourth-order valence-corrected chi connectivity index (χ4v) is 2.48. The van der Waals surface area contributed by atoms with Crippen LogP contribution in [-0.4, -0.2) is 40.6 Å². The zero-order valence-electron chi connectivity index (χ0n) is 17.0. The fourth-order valence-electron chi connectivity index (χ4n) is 2.20. The van der Waals surface area contributed by atoms with Crippen LogP contribution in [0.4, 0.5) is 15.4 Å². The smallest absolute Gasteiger partial charge is 0.425 e. The summed E-state index contributed by atoms with van der Waals surface area (Å²) in [5.41, 5.74) is -0.945. The van der Waals surface area contributed by atoms with Crippen LogP contribution in [0.25, 0.3) is 11.1 Å². The van der Waals surface area contributed by atoms with Crippen molar-refractivity contribution in [1.29, 1.82) is 0 Å². The maximum Gasteiger partial charge on any atom is 0.425 e. The summed E-state index contributed by atoms with van der Waals surface area (Å²) in [6, 6.07) is 1.65. The first-order chi connectivity index (χ1) is 12.9. The van der Waals surface area contributed by atoms with Gasteiger partial charge in [-0.25, -0.2) is 14.6 Å². The Balaban J connectivity index is 2.63. The van der Waals surface area contributed by atoms with E-state index in [4.69, 9.17) is 18.7 Å². The van der Waals surface area contributed by atoms with Crippen LogP contribution in [0.3, 0.4) is 0 Å². The molecule has 0 saturated carbocycles. The van der Waals surface area contributed by atoms with E-state index in [0.29, 0.717) is 21.7 Å². The molecule has 28 heavy (non-hydrogen) atoms. The number of methoxy groups -OCH3 is 1. The van der Waals surface area contributed by atoms with Gasteiger partial charge in [0.1, 0.15) is 22.3 Å². The first kappa shape index (κ1) is 21.9. The third-order valence-electron chi connectivity index (χ3n) is 3.17. The lowest BCUT2D eigenvalue weighted by Crippen LogP contribution is -2.44. The van der Waals surface area contributed by atoms with Gasteiger partial charge in [-0.1, -0.05) is 21.1 Å². The second kappa shape index (κ2) is 7.94. The third kappa shape index (κ3) is 5.12. The maximum atomic E-state index is 12.8. The average Bonchev–Trinajstić information content (AvgIpc) is 2.94. The molecule has 0 fully saturated rings. The fraction of sp³-hybridized carbons (Fsp3) is 0.556. The Kier molecular flexibility index (Phi) is 6.22. The minimum Gasteiger partial charge on any atom is -0.496 e. The van der Waals surface area contributed by atoms with Crippen molar-refractivity contribution in [1.82, 2.24) is 10.1 Å². The van der Waals surface area contributed by atoms with Gasteiger partial charge in [0, 0.05) is 11.4 Å². The molecule has 2 rings (SSSR count). The average molecular weight is 458 g/mol. The van der Waals surface area contributed by atoms with Crippen molar-refractivity contribution < 1.29 is 28.3 Å². The molecule has 0 saturated heterocycles. The molecule has 10 heteroatoms. The number of imide groups is 1. The number of alkyl halides is 1. The van der Waals surface area contributed by atoms with E-state index >= 15 is 0 Å². The number of anilines is 1. The minimum absolute atomic E-state index is 0.112. The number of hydrogen-bond donors (Lipinski definition) is 0. The molecule has 154 valence electrons. The Morgan fingerprint density at radius 2 is 1.64 bits per heavy atom. The summed E-state index contributed by atoms with van der Waals surface area (Å²) in [7, 11) is 1.45. The van der Waals surface area contributed by atoms with Gasteiger partial charge in [0.25, 0.3) is 5.71 Å². The van der Waals surface area contributed by atoms with E-state index in [1.54, 1.807) is 47.6 Å². The molecule has 0 atom stereocenters. The van der Waals surface area contributed by atoms with E-state index in [0.717, 1.165) is 0 Å². The standard InChI is InChI=1S/C18H24BrN3O6/c1-17(2,3)26-15(23)22(16(24)27-18(4,5)6)13-12-11(25-7)8-10(9-19)20-14(12)28-21-13/h8H,9H2,1-7H3. The Labute approximate surface area is 171 Å². The van der Waals surface area contributed by atoms with Crippen molar-refractivity contribution in [3.05, 3.63) is 11.8 Å². The highest BCUT2D eigenvalue weighted by Gasteiger charge is 2.37. The largest absolute Gasteiger partial charge is 0.496 e. The first-order valence-corrected chi connectivity index (χ1v) is 9.64. The summed E-state index contributed by atoms with van der Waals surface area (Å²) in [5, 5.41) is 4.58. The van der Waals surface area contributed by atoms with Crippen molar-refractivity contribution in [2.75, 3.05) is 12.0 Å². The second-order valence-corrected chi connectivity index (χ2v) is 8.49. The number of nitrogens with zero attached hydrogens (tertiary/aromatic N) is 3. The van der Waals surface area contributed by atoms with Gasteiger partial charge in [-0.3, -0.25) is 0 Å². The number of rotatable bonds is 3. The molecule has 2 aromatic heterocycles. The Hall–Kier alpha value is -2.36. The Morgan fingerprint density at radius 3 is 2.07 bits per heavy atom. The highest BCUT2D eigenvalue weighted by molar-refractivity contribution is 9.08. The van der Waals surface area contributed by atoms with E-state index in [9.17, 15) is 9.59 Å². The predicted molar refractivity (Wildman–Crippen MR) is 106 cm³/mol. The van der Waals surface area contributed by atoms with Gasteiger partial charge in [0.15, 0.2) is 0 Å². The van der Waals surface area contributed by atoms with Gasteiger partial charge in [0.05, 0.1) is 12.8 Å². The zero-order valence-corrected chi connectivity index (χ0v) is 18.5. The van der Waals surface area contributed by atoms with Crippen LogP contribution in [0.1, 0.15) is 47.2 Å². The van der Waals surface area contributed by atoms with Crippen LogP contribution in [0.15, 0.2) is 10.6 Å². The van der Waals surface area contributed by atoms with Crippen LogP contribution in [-0.2, 0) is 14.8 Å². The number of amides is 2. The molecule has 9 nitrogen and oxygen atoms in total. The summed E-state index contributed by atoms with van der Waals surface area (Å²) < 4.78 is 21.4. The number of fused-ring (bicyclic) bond motifs is 1. The molecule has 2 aromatic rings. The molecule has 0 bridgehead atoms. The highest BCUT2D eigenvalue weighted by Crippen LogP contribution is 2.35. The molecule has 2 heterocycles. The van der Waals surface area contributed by atoms with Gasteiger partial charge in [-0.2, -0.15) is 4.90 Å². The molecule has 2 amide bonds. The van der Waals surface area contributed by atoms with Crippen LogP contribution >= 0.6 is 15.9 Å². The first-order valence-electron chi connectivity index (χ1n) is 8.51. The SMILES string of the molecule is COc1cc(CBr)nc2onc(N(C(=O)OC(C)(C)C)C(=O)OC(C)(C)C)c12. The van der Waals surface area contributed by atoms with Gasteiger partial charge >= 0.3 is 12.2 Å². The molecule has 0 radical (unpaired) electrons. The normalized spacial score (nSPS) is 12.0. The molecule has 0 aliphatic carbocycles. The second-order valence-electron chi connectivity index (χ2n) is 7.93. The molecular weight excluding hydrogens is 434 g/mol. The zero-order chi connectivity index (χ0) is 21.3. The third-order valence-corrected chi connectivity index (χ3v) is 3.74. The van der Waals surface area contributed by atoms with Gasteiger partial charge in [0.2, 0.25) is 5.82 Å². The Bertz CT molecular complexity index is 854. The van der Waals surface area contributed by atoms with E-state index in [2.05, 4.69) is 26.1 Å². The number of carbonyl (C=O) groups is 2. The monoisotopic (exact) mass is 457 g/mol. The van der Waals surface area contributed by atoms with Crippen molar-refractivity contribution in [2.24, 2.45) is 0 Å². The summed E-state index contributed by atoms with van der Waals surface area (Å²) in [4.78, 5) is 30.6.